The number of ether oxygens (including phenoxy) is 2. The van der Waals surface area contributed by atoms with Gasteiger partial charge < -0.3 is 14.8 Å². The summed E-state index contributed by atoms with van der Waals surface area (Å²) in [5, 5.41) is 3.35. The lowest BCUT2D eigenvalue weighted by Gasteiger charge is -2.42. The minimum absolute atomic E-state index is 0.0273. The number of amides is 1. The van der Waals surface area contributed by atoms with Crippen LogP contribution in [-0.2, 0) is 31.9 Å². The molecule has 0 aliphatic heterocycles. The quantitative estimate of drug-likeness (QED) is 0.587. The number of hydrogen-bond acceptors (Lipinski definition) is 5. The number of methoxy groups -OCH3 is 1. The van der Waals surface area contributed by atoms with E-state index in [0.29, 0.717) is 22.2 Å². The Labute approximate surface area is 196 Å². The first-order valence-corrected chi connectivity index (χ1v) is 11.1. The molecular formula is C26H27FN2O5. The molecule has 2 atom stereocenters. The Kier molecular flexibility index (Phi) is 6.17. The molecule has 1 heterocycles. The van der Waals surface area contributed by atoms with Gasteiger partial charge in [0.05, 0.1) is 19.2 Å². The van der Waals surface area contributed by atoms with Gasteiger partial charge in [-0.3, -0.25) is 4.79 Å². The zero-order chi connectivity index (χ0) is 24.6. The number of nitrogens with one attached hydrogen (secondary N) is 1. The van der Waals surface area contributed by atoms with Gasteiger partial charge in [0.25, 0.3) is 0 Å². The highest BCUT2D eigenvalue weighted by Gasteiger charge is 2.52. The van der Waals surface area contributed by atoms with Gasteiger partial charge in [0.1, 0.15) is 11.4 Å². The molecule has 0 bridgehead atoms. The SMILES string of the molecule is CCOC(=O)n1c2c(c3cc(F)ccc31)C[C@@](NC(C)=O)(C(=O)OC)[C@@H](c1ccc(C)cc1)C2. The van der Waals surface area contributed by atoms with Crippen LogP contribution in [0.4, 0.5) is 9.18 Å². The first-order valence-electron chi connectivity index (χ1n) is 11.1. The number of carbonyl (C=O) groups excluding carboxylic acids is 3. The number of benzene rings is 2. The third-order valence-electron chi connectivity index (χ3n) is 6.47. The van der Waals surface area contributed by atoms with Crippen molar-refractivity contribution in [2.24, 2.45) is 0 Å². The molecule has 1 amide bonds. The third-order valence-corrected chi connectivity index (χ3v) is 6.47. The van der Waals surface area contributed by atoms with Crippen molar-refractivity contribution in [3.05, 3.63) is 70.7 Å². The fourth-order valence-corrected chi connectivity index (χ4v) is 5.05. The summed E-state index contributed by atoms with van der Waals surface area (Å²) in [5.41, 5.74) is 2.11. The normalized spacial score (nSPS) is 19.4. The molecule has 1 aliphatic rings. The first-order chi connectivity index (χ1) is 16.2. The molecule has 0 radical (unpaired) electrons. The fourth-order valence-electron chi connectivity index (χ4n) is 5.05. The Morgan fingerprint density at radius 1 is 1.18 bits per heavy atom. The minimum Gasteiger partial charge on any atom is -0.467 e. The highest BCUT2D eigenvalue weighted by Crippen LogP contribution is 2.44. The number of aromatic nitrogens is 1. The smallest absolute Gasteiger partial charge is 0.418 e. The second kappa shape index (κ2) is 8.93. The largest absolute Gasteiger partial charge is 0.467 e. The summed E-state index contributed by atoms with van der Waals surface area (Å²) in [7, 11) is 1.27. The van der Waals surface area contributed by atoms with Crippen molar-refractivity contribution in [2.75, 3.05) is 13.7 Å². The summed E-state index contributed by atoms with van der Waals surface area (Å²) in [5.74, 6) is -2.02. The second-order valence-corrected chi connectivity index (χ2v) is 8.61. The maximum atomic E-state index is 14.3. The molecule has 4 rings (SSSR count). The number of esters is 1. The van der Waals surface area contributed by atoms with Crippen LogP contribution < -0.4 is 5.32 Å². The lowest BCUT2D eigenvalue weighted by atomic mass is 9.68. The number of fused-ring (bicyclic) bond motifs is 3. The van der Waals surface area contributed by atoms with Crippen molar-refractivity contribution < 1.29 is 28.2 Å². The second-order valence-electron chi connectivity index (χ2n) is 8.61. The molecule has 1 N–H and O–H groups in total. The van der Waals surface area contributed by atoms with Crippen LogP contribution >= 0.6 is 0 Å². The van der Waals surface area contributed by atoms with E-state index in [1.54, 1.807) is 6.92 Å². The number of nitrogens with zero attached hydrogens (tertiary/aromatic N) is 1. The van der Waals surface area contributed by atoms with Gasteiger partial charge in [-0.1, -0.05) is 29.8 Å². The van der Waals surface area contributed by atoms with Gasteiger partial charge in [0.15, 0.2) is 0 Å². The minimum atomic E-state index is -1.44. The van der Waals surface area contributed by atoms with E-state index in [2.05, 4.69) is 5.32 Å². The van der Waals surface area contributed by atoms with Crippen LogP contribution in [0.1, 0.15) is 42.1 Å². The van der Waals surface area contributed by atoms with Gasteiger partial charge in [-0.25, -0.2) is 18.5 Å². The van der Waals surface area contributed by atoms with E-state index < -0.39 is 35.2 Å². The average Bonchev–Trinajstić information content (AvgIpc) is 3.10. The number of aryl methyl sites for hydroxylation is 1. The fraction of sp³-hybridized carbons (Fsp3) is 0.346. The van der Waals surface area contributed by atoms with Crippen LogP contribution in [-0.4, -0.2) is 41.8 Å². The number of rotatable bonds is 4. The summed E-state index contributed by atoms with van der Waals surface area (Å²) < 4.78 is 26.2. The van der Waals surface area contributed by atoms with E-state index in [0.717, 1.165) is 11.1 Å². The Bertz CT molecular complexity index is 1280. The molecule has 0 saturated carbocycles. The van der Waals surface area contributed by atoms with Gasteiger partial charge in [0.2, 0.25) is 5.91 Å². The molecule has 0 fully saturated rings. The highest BCUT2D eigenvalue weighted by molar-refractivity contribution is 5.96. The van der Waals surface area contributed by atoms with Gasteiger partial charge >= 0.3 is 12.1 Å². The van der Waals surface area contributed by atoms with Gasteiger partial charge in [0, 0.05) is 30.3 Å². The zero-order valence-electron chi connectivity index (χ0n) is 19.6. The van der Waals surface area contributed by atoms with Gasteiger partial charge in [-0.05, 0) is 49.6 Å². The van der Waals surface area contributed by atoms with Crippen molar-refractivity contribution in [1.82, 2.24) is 9.88 Å². The van der Waals surface area contributed by atoms with Crippen LogP contribution in [0.5, 0.6) is 0 Å². The Hall–Kier alpha value is -3.68. The van der Waals surface area contributed by atoms with Crippen LogP contribution in [0.3, 0.4) is 0 Å². The summed E-state index contributed by atoms with van der Waals surface area (Å²) in [6.07, 6.45) is -0.323. The predicted octanol–water partition coefficient (Wildman–Crippen LogP) is 4.02. The molecule has 178 valence electrons. The van der Waals surface area contributed by atoms with E-state index in [9.17, 15) is 18.8 Å². The summed E-state index contributed by atoms with van der Waals surface area (Å²) in [4.78, 5) is 38.6. The third kappa shape index (κ3) is 3.83. The van der Waals surface area contributed by atoms with Gasteiger partial charge in [-0.15, -0.1) is 0 Å². The average molecular weight is 467 g/mol. The van der Waals surface area contributed by atoms with E-state index in [4.69, 9.17) is 9.47 Å². The van der Waals surface area contributed by atoms with Crippen LogP contribution in [0.2, 0.25) is 0 Å². The Morgan fingerprint density at radius 3 is 2.50 bits per heavy atom. The highest BCUT2D eigenvalue weighted by atomic mass is 19.1. The molecule has 8 heteroatoms. The van der Waals surface area contributed by atoms with Crippen molar-refractivity contribution in [3.63, 3.8) is 0 Å². The lowest BCUT2D eigenvalue weighted by Crippen LogP contribution is -2.62. The number of carbonyl (C=O) groups is 3. The molecule has 0 unspecified atom stereocenters. The lowest BCUT2D eigenvalue weighted by molar-refractivity contribution is -0.152. The number of hydrogen-bond donors (Lipinski definition) is 1. The van der Waals surface area contributed by atoms with Gasteiger partial charge in [-0.2, -0.15) is 0 Å². The van der Waals surface area contributed by atoms with Crippen molar-refractivity contribution in [2.45, 2.75) is 45.1 Å². The first kappa shape index (κ1) is 23.5. The molecule has 1 aromatic heterocycles. The molecule has 0 saturated heterocycles. The van der Waals surface area contributed by atoms with E-state index in [-0.39, 0.29) is 19.4 Å². The maximum absolute atomic E-state index is 14.3. The van der Waals surface area contributed by atoms with Crippen LogP contribution in [0, 0.1) is 12.7 Å². The van der Waals surface area contributed by atoms with Crippen molar-refractivity contribution in [1.29, 1.82) is 0 Å². The zero-order valence-corrected chi connectivity index (χ0v) is 19.6. The summed E-state index contributed by atoms with van der Waals surface area (Å²) in [6, 6.07) is 11.8. The maximum Gasteiger partial charge on any atom is 0.418 e. The van der Waals surface area contributed by atoms with Crippen LogP contribution in [0.15, 0.2) is 42.5 Å². The van der Waals surface area contributed by atoms with E-state index in [1.807, 2.05) is 31.2 Å². The summed E-state index contributed by atoms with van der Waals surface area (Å²) in [6.45, 7) is 5.18. The molecule has 3 aromatic rings. The van der Waals surface area contributed by atoms with Crippen LogP contribution in [0.25, 0.3) is 10.9 Å². The van der Waals surface area contributed by atoms with Crippen molar-refractivity contribution >= 4 is 28.9 Å². The predicted molar refractivity (Wildman–Crippen MR) is 124 cm³/mol. The Balaban J connectivity index is 2.03. The molecule has 0 spiro atoms. The molecule has 1 aliphatic carbocycles. The van der Waals surface area contributed by atoms with E-state index >= 15 is 0 Å². The molecule has 2 aromatic carbocycles. The standard InChI is InChI=1S/C26H27FN2O5/c1-5-34-25(32)29-22-11-10-18(27)12-19(22)20-14-26(24(31)33-4,28-16(3)30)21(13-23(20)29)17-8-6-15(2)7-9-17/h6-12,21H,5,13-14H2,1-4H3,(H,28,30)/t21-,26+/m1/s1. The van der Waals surface area contributed by atoms with Crippen molar-refractivity contribution in [3.8, 4) is 0 Å². The molecule has 7 nitrogen and oxygen atoms in total. The molecular weight excluding hydrogens is 439 g/mol. The topological polar surface area (TPSA) is 86.6 Å². The monoisotopic (exact) mass is 466 g/mol. The molecule has 34 heavy (non-hydrogen) atoms. The van der Waals surface area contributed by atoms with E-state index in [1.165, 1.54) is 36.8 Å². The summed E-state index contributed by atoms with van der Waals surface area (Å²) >= 11 is 0. The number of halogens is 1. The Morgan fingerprint density at radius 2 is 1.88 bits per heavy atom.